The highest BCUT2D eigenvalue weighted by molar-refractivity contribution is 6.07. The van der Waals surface area contributed by atoms with Gasteiger partial charge in [-0.3, -0.25) is 29.0 Å². The Bertz CT molecular complexity index is 3380. The number of Topliss-reactive ketones (excluding diaryl/α,β-unsaturated/α-hetero) is 2. The van der Waals surface area contributed by atoms with Crippen LogP contribution >= 0.6 is 0 Å². The lowest BCUT2D eigenvalue weighted by Crippen LogP contribution is -2.60. The number of rotatable bonds is 34. The number of allylic oxidation sites excluding steroid dienone is 2. The van der Waals surface area contributed by atoms with Crippen molar-refractivity contribution < 1.29 is 81.4 Å². The Hall–Kier alpha value is -7.08. The molecule has 6 aliphatic rings. The molecule has 0 saturated carbocycles. The standard InChI is InChI=1S/C37H64N6O7.C34H50N2O7.C13H25N5O3/c1-12-16-28-19-22(3)21-39-27(8)33-37(9,50-36(46)43(33)18-15-14-17-40-41-38)30(13-2)48-34(45)26(7)31(44)25(6)32(28)49-35-24(5)29(42(10)11)20-23(4)47-35;1-9-13-27(16-21(2)19-37)31(43-33-23(4)29(35(7)8)17-22(3)42-33)24(5)30(38)25(6)32(39)36-28(20-41-34(36)40)18-26-14-11-10-12-15-26;1-4-10(19)13(3)11(9(2)14)18(12(20)21-13)8-6-5-7-16-17-15/h12,22-30,32-33,35,39H,1,13-21H2,2-11H3;9-12,14-15,19,21-25,27-29,31,33H,1,13,16-18,20H2,2-8H3;9-11,19H,4-8,14H2,1-3H3/t22-,23?,24?,25+,26?,27-,28+,29?,30?,32-,33-,35+,37-;21-,22-,23-,24+,25?,27+,28-,29?,31-,33+;9-,10-,11-,13-/m111/s1. The van der Waals surface area contributed by atoms with Gasteiger partial charge in [0.05, 0.1) is 54.6 Å². The molecule has 0 bridgehead atoms. The SMILES string of the molecule is C=CC[C@@H](C[C@@H](C)C=O)[C@H](O[C@@H]1O[C@H](C)CC(N(C)C)[C@H]1C)[C@@H](C)C(=O)C(C)C(=O)N1C(=O)OC[C@H]1Cc1ccccc1.C=CC[C@H]1C[C@@H](C)CN[C@H](C)[C@H]2N(CCCCN=[N+]=[N-])C(=O)O[C@]2(C)C(CC)OC(=O)C(C)C(=O)[C@H](C)[C@H]1O[C@@H]1OC(C)CC(N(C)C)C1C.CC[C@@H](O)[C@@]1(C)OC(=O)N(CCCCN=[N+]=[N-])[C@@H]1[C@@H](C)N. The number of nitrogens with two attached hydrogens (primary N) is 1. The molecular formula is C84H139N13O17. The molecule has 7 unspecified atom stereocenters. The summed E-state index contributed by atoms with van der Waals surface area (Å²) in [6, 6.07) is 8.14. The first kappa shape index (κ1) is 97.5. The first-order valence-corrected chi connectivity index (χ1v) is 41.5. The molecule has 4 amide bonds. The molecule has 6 fully saturated rings. The highest BCUT2D eigenvalue weighted by Crippen LogP contribution is 2.42. The Morgan fingerprint density at radius 2 is 1.37 bits per heavy atom. The van der Waals surface area contributed by atoms with E-state index in [4.69, 9.17) is 54.7 Å². The number of nitrogens with zero attached hydrogens (tertiary/aromatic N) is 11. The third kappa shape index (κ3) is 25.5. The zero-order valence-electron chi connectivity index (χ0n) is 71.9. The molecule has 0 aromatic heterocycles. The van der Waals surface area contributed by atoms with E-state index in [-0.39, 0.29) is 96.1 Å². The average Bonchev–Trinajstić information content (AvgIpc) is 1.60. The van der Waals surface area contributed by atoms with Crippen LogP contribution in [0.15, 0.2) is 65.9 Å². The minimum absolute atomic E-state index is 0.0141. The summed E-state index contributed by atoms with van der Waals surface area (Å²) in [5, 5.41) is 21.0. The maximum absolute atomic E-state index is 14.3. The maximum Gasteiger partial charge on any atom is 0.417 e. The van der Waals surface area contributed by atoms with Crippen LogP contribution in [0.3, 0.4) is 0 Å². The maximum atomic E-state index is 14.3. The number of cyclic esters (lactones) is 3. The number of aliphatic hydroxyl groups excluding tert-OH is 1. The van der Waals surface area contributed by atoms with Crippen molar-refractivity contribution in [2.75, 3.05) is 67.5 Å². The summed E-state index contributed by atoms with van der Waals surface area (Å²) in [6.07, 6.45) is 7.04. The number of ether oxygens (including phenoxy) is 8. The second-order valence-corrected chi connectivity index (χ2v) is 33.8. The van der Waals surface area contributed by atoms with Crippen LogP contribution < -0.4 is 11.1 Å². The van der Waals surface area contributed by atoms with Gasteiger partial charge in [0.15, 0.2) is 29.6 Å². The summed E-state index contributed by atoms with van der Waals surface area (Å²) in [5.41, 5.74) is 21.7. The number of ketones is 2. The van der Waals surface area contributed by atoms with Crippen LogP contribution in [0.25, 0.3) is 20.9 Å². The molecule has 0 aliphatic carbocycles. The van der Waals surface area contributed by atoms with Crippen molar-refractivity contribution in [2.45, 2.75) is 297 Å². The number of aldehydes is 1. The second kappa shape index (κ2) is 46.2. The Labute approximate surface area is 677 Å². The lowest BCUT2D eigenvalue weighted by atomic mass is 9.79. The number of aliphatic hydroxyl groups is 1. The third-order valence-corrected chi connectivity index (χ3v) is 24.3. The predicted octanol–water partition coefficient (Wildman–Crippen LogP) is 12.8. The molecule has 1 aromatic carbocycles. The topological polar surface area (TPSA) is 382 Å². The van der Waals surface area contributed by atoms with Gasteiger partial charge in [-0.2, -0.15) is 0 Å². The van der Waals surface area contributed by atoms with Gasteiger partial charge in [-0.05, 0) is 208 Å². The highest BCUT2D eigenvalue weighted by atomic mass is 16.7. The quantitative estimate of drug-likeness (QED) is 0.00664. The third-order valence-electron chi connectivity index (χ3n) is 24.3. The van der Waals surface area contributed by atoms with Crippen molar-refractivity contribution in [3.05, 3.63) is 82.1 Å². The van der Waals surface area contributed by atoms with Crippen LogP contribution in [-0.2, 0) is 68.3 Å². The molecule has 642 valence electrons. The van der Waals surface area contributed by atoms with Gasteiger partial charge in [-0.1, -0.05) is 108 Å². The number of imide groups is 1. The van der Waals surface area contributed by atoms with Crippen molar-refractivity contribution in [1.29, 1.82) is 0 Å². The monoisotopic (exact) mass is 1600 g/mol. The van der Waals surface area contributed by atoms with Gasteiger partial charge in [0, 0.05) is 89.8 Å². The van der Waals surface area contributed by atoms with Gasteiger partial charge < -0.3 is 68.6 Å². The zero-order chi connectivity index (χ0) is 85.2. The van der Waals surface area contributed by atoms with Gasteiger partial charge in [0.2, 0.25) is 5.91 Å². The van der Waals surface area contributed by atoms with Crippen LogP contribution in [0.5, 0.6) is 0 Å². The molecule has 114 heavy (non-hydrogen) atoms. The summed E-state index contributed by atoms with van der Waals surface area (Å²) in [7, 11) is 8.21. The molecule has 6 saturated heterocycles. The van der Waals surface area contributed by atoms with E-state index in [1.54, 1.807) is 50.5 Å². The van der Waals surface area contributed by atoms with Gasteiger partial charge >= 0.3 is 24.2 Å². The fourth-order valence-electron chi connectivity index (χ4n) is 17.9. The van der Waals surface area contributed by atoms with Crippen LogP contribution in [0.4, 0.5) is 14.4 Å². The molecule has 30 heteroatoms. The lowest BCUT2D eigenvalue weighted by molar-refractivity contribution is -0.260. The Morgan fingerprint density at radius 1 is 0.798 bits per heavy atom. The van der Waals surface area contributed by atoms with Crippen molar-refractivity contribution in [1.82, 2.24) is 29.8 Å². The lowest BCUT2D eigenvalue weighted by Gasteiger charge is -2.45. The molecule has 6 heterocycles. The summed E-state index contributed by atoms with van der Waals surface area (Å²) < 4.78 is 49.3. The van der Waals surface area contributed by atoms with Crippen LogP contribution in [0.2, 0.25) is 0 Å². The van der Waals surface area contributed by atoms with Crippen LogP contribution in [-0.4, -0.2) is 248 Å². The first-order valence-electron chi connectivity index (χ1n) is 41.5. The minimum atomic E-state index is -1.18. The van der Waals surface area contributed by atoms with E-state index in [0.29, 0.717) is 96.9 Å². The van der Waals surface area contributed by atoms with Gasteiger partial charge in [0.25, 0.3) is 0 Å². The first-order chi connectivity index (χ1) is 53.9. The highest BCUT2D eigenvalue weighted by Gasteiger charge is 2.59. The molecule has 1 aromatic rings. The molecule has 0 radical (unpaired) electrons. The van der Waals surface area contributed by atoms with Crippen LogP contribution in [0.1, 0.15) is 193 Å². The number of carbonyl (C=O) groups is 8. The number of esters is 1. The smallest absolute Gasteiger partial charge is 0.417 e. The predicted molar refractivity (Wildman–Crippen MR) is 435 cm³/mol. The second-order valence-electron chi connectivity index (χ2n) is 33.8. The molecule has 7 rings (SSSR count). The van der Waals surface area contributed by atoms with Crippen molar-refractivity contribution in [2.24, 2.45) is 75.1 Å². The normalized spacial score (nSPS) is 32.7. The van der Waals surface area contributed by atoms with Gasteiger partial charge in [0.1, 0.15) is 30.7 Å². The van der Waals surface area contributed by atoms with Gasteiger partial charge in [-0.25, -0.2) is 19.3 Å². The number of benzene rings is 1. The van der Waals surface area contributed by atoms with Crippen molar-refractivity contribution in [3.63, 3.8) is 0 Å². The van der Waals surface area contributed by atoms with E-state index in [1.807, 2.05) is 99.0 Å². The van der Waals surface area contributed by atoms with Crippen LogP contribution in [0, 0.1) is 59.2 Å². The Kier molecular flexibility index (Phi) is 39.5. The van der Waals surface area contributed by atoms with E-state index in [2.05, 4.69) is 90.1 Å². The Balaban J connectivity index is 0.000000329. The number of azide groups is 2. The number of amides is 4. The summed E-state index contributed by atoms with van der Waals surface area (Å²) in [6.45, 7) is 40.5. The number of unbranched alkanes of at least 4 members (excludes halogenated alkanes) is 2. The van der Waals surface area contributed by atoms with E-state index >= 15 is 0 Å². The zero-order valence-corrected chi connectivity index (χ0v) is 71.9. The fraction of sp³-hybridized carbons (Fsp3) is 0.786. The fourth-order valence-corrected chi connectivity index (χ4v) is 17.9. The van der Waals surface area contributed by atoms with Gasteiger partial charge in [-0.15, -0.1) is 13.2 Å². The van der Waals surface area contributed by atoms with Crippen molar-refractivity contribution in [3.8, 4) is 0 Å². The van der Waals surface area contributed by atoms with E-state index < -0.39 is 114 Å². The Morgan fingerprint density at radius 3 is 1.90 bits per heavy atom. The number of hydrogen-bond donors (Lipinski definition) is 3. The number of hydrogen-bond acceptors (Lipinski definition) is 23. The van der Waals surface area contributed by atoms with E-state index in [1.165, 1.54) is 0 Å². The molecule has 4 N–H and O–H groups in total. The summed E-state index contributed by atoms with van der Waals surface area (Å²) >= 11 is 0. The molecule has 0 spiro atoms. The minimum Gasteiger partial charge on any atom is -0.458 e. The van der Waals surface area contributed by atoms with E-state index in [9.17, 15) is 43.5 Å². The molecule has 30 nitrogen and oxygen atoms in total. The molecule has 6 aliphatic heterocycles. The van der Waals surface area contributed by atoms with E-state index in [0.717, 1.165) is 36.0 Å². The number of carbonyl (C=O) groups excluding carboxylic acids is 8. The molecular weight excluding hydrogens is 1460 g/mol. The summed E-state index contributed by atoms with van der Waals surface area (Å²) in [5.74, 6) is -5.65. The number of nitrogens with one attached hydrogen (secondary N) is 1. The largest absolute Gasteiger partial charge is 0.458 e. The summed E-state index contributed by atoms with van der Waals surface area (Å²) in [4.78, 5) is 120. The molecule has 27 atom stereocenters. The number of fused-ring (bicyclic) bond motifs is 1. The van der Waals surface area contributed by atoms with Crippen molar-refractivity contribution >= 4 is 48.0 Å². The average molecular weight is 1600 g/mol.